The van der Waals surface area contributed by atoms with Crippen LogP contribution in [0.4, 0.5) is 31.6 Å². The van der Waals surface area contributed by atoms with Crippen molar-refractivity contribution in [2.75, 3.05) is 106 Å². The van der Waals surface area contributed by atoms with Gasteiger partial charge in [-0.05, 0) is 182 Å². The molecule has 34 heteroatoms. The molecular formula is C71H100Cl4N14O14S2. The number of carboxylic acids is 1. The lowest BCUT2D eigenvalue weighted by atomic mass is 9.98. The molecule has 5 saturated heterocycles. The van der Waals surface area contributed by atoms with E-state index in [-0.39, 0.29) is 81.8 Å². The van der Waals surface area contributed by atoms with Crippen LogP contribution in [0.25, 0.3) is 11.3 Å². The Hall–Kier alpha value is -7.19. The molecule has 105 heavy (non-hydrogen) atoms. The van der Waals surface area contributed by atoms with Crippen LogP contribution in [0.2, 0.25) is 15.2 Å². The Morgan fingerprint density at radius 3 is 1.43 bits per heavy atom. The summed E-state index contributed by atoms with van der Waals surface area (Å²) in [5.74, 6) is 0.314. The quantitative estimate of drug-likeness (QED) is 0.0691. The second-order valence-electron chi connectivity index (χ2n) is 29.9. The van der Waals surface area contributed by atoms with Gasteiger partial charge < -0.3 is 49.0 Å². The number of hydrogen-bond donors (Lipinski definition) is 4. The number of hydrogen-bond acceptors (Lipinski definition) is 19. The van der Waals surface area contributed by atoms with Crippen molar-refractivity contribution in [3.8, 4) is 0 Å². The van der Waals surface area contributed by atoms with Crippen molar-refractivity contribution in [1.29, 1.82) is 0 Å². The van der Waals surface area contributed by atoms with E-state index in [9.17, 15) is 40.8 Å². The first kappa shape index (κ1) is 83.4. The summed E-state index contributed by atoms with van der Waals surface area (Å²) in [6.07, 6.45) is 13.7. The Balaban J connectivity index is 0.000000194. The first-order chi connectivity index (χ1) is 48.9. The van der Waals surface area contributed by atoms with Gasteiger partial charge >= 0.3 is 24.2 Å². The lowest BCUT2D eigenvalue weighted by Gasteiger charge is -2.36. The van der Waals surface area contributed by atoms with Gasteiger partial charge in [0, 0.05) is 130 Å². The lowest BCUT2D eigenvalue weighted by Crippen LogP contribution is -2.50. The highest BCUT2D eigenvalue weighted by atomic mass is 35.5. The molecule has 4 N–H and O–H groups in total. The topological polar surface area (TPSA) is 323 Å². The van der Waals surface area contributed by atoms with E-state index in [1.54, 1.807) is 30.2 Å². The number of carboxylic acid groups (broad SMARTS) is 1. The maximum atomic E-state index is 14.0. The maximum absolute atomic E-state index is 14.0. The van der Waals surface area contributed by atoms with Gasteiger partial charge in [0.1, 0.15) is 27.8 Å². The van der Waals surface area contributed by atoms with E-state index >= 15 is 0 Å². The van der Waals surface area contributed by atoms with E-state index in [0.717, 1.165) is 137 Å². The molecule has 4 amide bonds. The van der Waals surface area contributed by atoms with Crippen LogP contribution in [0.5, 0.6) is 0 Å². The average molecular weight is 1580 g/mol. The number of likely N-dealkylation sites (tertiary alicyclic amines) is 2. The molecule has 0 spiro atoms. The molecule has 5 aliphatic heterocycles. The van der Waals surface area contributed by atoms with Gasteiger partial charge in [-0.3, -0.25) is 19.1 Å². The minimum Gasteiger partial charge on any atom is -0.478 e. The number of aromatic carboxylic acids is 1. The zero-order valence-corrected chi connectivity index (χ0v) is 66.3. The molecule has 0 radical (unpaired) electrons. The lowest BCUT2D eigenvalue weighted by molar-refractivity contribution is 0.00881. The Morgan fingerprint density at radius 1 is 0.524 bits per heavy atom. The zero-order valence-electron chi connectivity index (χ0n) is 61.6. The van der Waals surface area contributed by atoms with Gasteiger partial charge in [-0.1, -0.05) is 34.8 Å². The number of sulfonamides is 2. The summed E-state index contributed by atoms with van der Waals surface area (Å²) in [6, 6.07) is 16.0. The number of ether oxygens (including phenoxy) is 4. The summed E-state index contributed by atoms with van der Waals surface area (Å²) in [5.41, 5.74) is 3.86. The van der Waals surface area contributed by atoms with E-state index in [1.807, 2.05) is 85.0 Å². The molecule has 13 rings (SSSR count). The fourth-order valence-corrected chi connectivity index (χ4v) is 13.9. The molecule has 6 aromatic rings. The van der Waals surface area contributed by atoms with Crippen molar-refractivity contribution in [3.05, 3.63) is 110 Å². The number of carbonyl (C=O) groups is 5. The number of benzene rings is 2. The first-order valence-electron chi connectivity index (χ1n) is 35.4. The second-order valence-corrected chi connectivity index (χ2v) is 34.6. The highest BCUT2D eigenvalue weighted by molar-refractivity contribution is 7.92. The SMILES string of the molecule is C1CCOC1.CC(C)(C)OC(=O)N1CCCC[C@H]1c1cc2nc(C3CC3)cc(Cl)n2n1.CC(C)(C)OC(=O)N1CCN(c2cc(C3CC3)nc3cc([C@@H]4CCCCN4C(=O)c4cc(Cl)ccc4NS(C)(=O)=O)nn23)CC1.CC(C)(C)OC(=O)N1CCNCC1.CS(=O)(=O)Nc1ccc(Cl)cc1C(=O)O.Cl. The third kappa shape index (κ3) is 24.9. The van der Waals surface area contributed by atoms with Crippen LogP contribution in [0.15, 0.2) is 60.7 Å². The number of rotatable bonds is 11. The van der Waals surface area contributed by atoms with Crippen molar-refractivity contribution in [2.24, 2.45) is 0 Å². The maximum Gasteiger partial charge on any atom is 0.410 e. The van der Waals surface area contributed by atoms with Crippen molar-refractivity contribution < 1.29 is 64.9 Å². The minimum absolute atomic E-state index is 0. The molecule has 2 aliphatic carbocycles. The fraction of sp³-hybridized carbons (Fsp3) is 0.592. The number of halogens is 4. The molecule has 2 atom stereocenters. The minimum atomic E-state index is -3.62. The first-order valence-corrected chi connectivity index (χ1v) is 40.3. The Kier molecular flexibility index (Phi) is 28.4. The normalized spacial score (nSPS) is 18.7. The van der Waals surface area contributed by atoms with Crippen LogP contribution in [0.1, 0.15) is 207 Å². The number of nitrogens with zero attached hydrogens (tertiary/aromatic N) is 11. The molecular weight excluding hydrogens is 1480 g/mol. The molecule has 0 unspecified atom stereocenters. The third-order valence-electron chi connectivity index (χ3n) is 17.3. The van der Waals surface area contributed by atoms with Gasteiger partial charge in [-0.25, -0.2) is 50.5 Å². The Morgan fingerprint density at radius 2 is 0.962 bits per heavy atom. The summed E-state index contributed by atoms with van der Waals surface area (Å²) in [4.78, 5) is 80.6. The van der Waals surface area contributed by atoms with Gasteiger partial charge in [0.25, 0.3) is 5.91 Å². The van der Waals surface area contributed by atoms with Crippen molar-refractivity contribution in [1.82, 2.24) is 54.1 Å². The fourth-order valence-electron chi connectivity index (χ4n) is 12.2. The van der Waals surface area contributed by atoms with E-state index < -0.39 is 37.2 Å². The van der Waals surface area contributed by atoms with E-state index in [2.05, 4.69) is 30.8 Å². The van der Waals surface area contributed by atoms with Gasteiger partial charge in [-0.2, -0.15) is 14.7 Å². The highest BCUT2D eigenvalue weighted by Gasteiger charge is 2.37. The largest absolute Gasteiger partial charge is 0.478 e. The summed E-state index contributed by atoms with van der Waals surface area (Å²) in [6.45, 7) is 25.6. The number of aromatic nitrogens is 6. The molecule has 2 aromatic carbocycles. The number of anilines is 3. The summed E-state index contributed by atoms with van der Waals surface area (Å²) < 4.78 is 75.4. The zero-order chi connectivity index (χ0) is 75.6. The monoisotopic (exact) mass is 1580 g/mol. The average Bonchev–Trinajstić information content (AvgIpc) is 1.62. The van der Waals surface area contributed by atoms with Crippen LogP contribution in [-0.2, 0) is 39.0 Å². The smallest absolute Gasteiger partial charge is 0.410 e. The number of fused-ring (bicyclic) bond motifs is 2. The van der Waals surface area contributed by atoms with Crippen LogP contribution in [0, 0.1) is 0 Å². The van der Waals surface area contributed by atoms with Crippen molar-refractivity contribution in [2.45, 2.75) is 180 Å². The van der Waals surface area contributed by atoms with Crippen LogP contribution in [-0.4, -0.2) is 209 Å². The van der Waals surface area contributed by atoms with Crippen LogP contribution < -0.4 is 19.7 Å². The van der Waals surface area contributed by atoms with Gasteiger partial charge in [0.2, 0.25) is 20.0 Å². The number of amides is 4. The van der Waals surface area contributed by atoms with Crippen molar-refractivity contribution in [3.63, 3.8) is 0 Å². The van der Waals surface area contributed by atoms with Gasteiger partial charge in [-0.15, -0.1) is 12.4 Å². The molecule has 2 saturated carbocycles. The number of piperazine rings is 2. The van der Waals surface area contributed by atoms with Crippen LogP contribution in [0.3, 0.4) is 0 Å². The number of carbonyl (C=O) groups excluding carboxylic acids is 4. The highest BCUT2D eigenvalue weighted by Crippen LogP contribution is 2.43. The summed E-state index contributed by atoms with van der Waals surface area (Å²) in [5, 5.41) is 22.8. The Bertz CT molecular complexity index is 4270. The summed E-state index contributed by atoms with van der Waals surface area (Å²) >= 11 is 18.3. The predicted octanol–water partition coefficient (Wildman–Crippen LogP) is 13.2. The molecule has 28 nitrogen and oxygen atoms in total. The molecule has 9 heterocycles. The molecule has 4 aromatic heterocycles. The predicted molar refractivity (Wildman–Crippen MR) is 407 cm³/mol. The second kappa shape index (κ2) is 35.7. The van der Waals surface area contributed by atoms with Crippen molar-refractivity contribution >= 4 is 126 Å². The standard InChI is InChI=1S/C31H40ClN7O5S.C19H25ClN4O2.C9H18N2O2.C8H8ClNO4S.C4H8O.ClH/c1-31(2,3)44-30(41)37-15-13-36(14-16-37)28-19-24(20-8-9-20)33-27-18-25(34-39(27)28)26-7-5-6-12-38(26)29(40)22-17-21(32)10-11-23(22)35-45(4,42)43;1-19(2,3)26-18(25)23-9-5-4-6-15(23)14-11-17-21-13(12-7-8-12)10-16(20)24(17)22-14;1-9(2,3)13-8(12)11-6-4-10-5-7-11;1-15(13,14)10-7-3-2-5(9)4-6(7)8(11)12;1-2-4-5-3-1;/h10-11,17-20,26,35H,5-9,12-16H2,1-4H3;10-12,15H,4-9H2,1-3H3;10H,4-7H2,1-3H3;2-4,10H,1H3,(H,11,12);1-4H2;1H/t26-;15-;;;;/m00..../s1. The molecule has 7 aliphatic rings. The van der Waals surface area contributed by atoms with E-state index in [4.69, 9.17) is 73.9 Å². The summed E-state index contributed by atoms with van der Waals surface area (Å²) in [7, 11) is -7.12. The van der Waals surface area contributed by atoms with E-state index in [0.29, 0.717) is 67.7 Å². The van der Waals surface area contributed by atoms with Gasteiger partial charge in [0.05, 0.1) is 58.5 Å². The third-order valence-corrected chi connectivity index (χ3v) is 19.2. The molecule has 0 bridgehead atoms. The Labute approximate surface area is 636 Å². The van der Waals surface area contributed by atoms with E-state index in [1.165, 1.54) is 56.0 Å². The van der Waals surface area contributed by atoms with Gasteiger partial charge in [0.15, 0.2) is 11.3 Å². The molecule has 7 fully saturated rings. The number of piperidine rings is 2. The number of nitrogens with one attached hydrogen (secondary N) is 3. The molecule has 578 valence electrons. The van der Waals surface area contributed by atoms with Crippen LogP contribution >= 0.6 is 47.2 Å².